The number of carbonyl (C=O) groups excluding carboxylic acids is 1. The van der Waals surface area contributed by atoms with Crippen molar-refractivity contribution in [2.24, 2.45) is 5.92 Å². The third-order valence-corrected chi connectivity index (χ3v) is 2.75. The molecule has 0 saturated heterocycles. The maximum atomic E-state index is 11.1. The zero-order chi connectivity index (χ0) is 11.4. The van der Waals surface area contributed by atoms with E-state index >= 15 is 0 Å². The fourth-order valence-corrected chi connectivity index (χ4v) is 1.61. The van der Waals surface area contributed by atoms with Crippen LogP contribution >= 0.6 is 11.6 Å². The minimum Gasteiger partial charge on any atom is -0.495 e. The molecule has 82 valence electrons. The second-order valence-electron chi connectivity index (χ2n) is 3.68. The van der Waals surface area contributed by atoms with Gasteiger partial charge in [0.05, 0.1) is 12.1 Å². The van der Waals surface area contributed by atoms with Crippen LogP contribution in [0.25, 0.3) is 0 Å². The molecule has 0 aromatic heterocycles. The van der Waals surface area contributed by atoms with Gasteiger partial charge in [-0.1, -0.05) is 24.6 Å². The molecule has 2 nitrogen and oxygen atoms in total. The highest BCUT2D eigenvalue weighted by atomic mass is 35.5. The van der Waals surface area contributed by atoms with Crippen LogP contribution in [0.1, 0.15) is 19.4 Å². The van der Waals surface area contributed by atoms with Crippen molar-refractivity contribution < 1.29 is 9.53 Å². The van der Waals surface area contributed by atoms with E-state index in [2.05, 4.69) is 0 Å². The fraction of sp³-hybridized carbons (Fsp3) is 0.417. The Morgan fingerprint density at radius 2 is 2.20 bits per heavy atom. The van der Waals surface area contributed by atoms with Gasteiger partial charge in [0.1, 0.15) is 11.5 Å². The van der Waals surface area contributed by atoms with Gasteiger partial charge in [-0.25, -0.2) is 0 Å². The molecule has 0 aliphatic heterocycles. The molecule has 1 atom stereocenters. The predicted molar refractivity (Wildman–Crippen MR) is 61.6 cm³/mol. The number of benzene rings is 1. The summed E-state index contributed by atoms with van der Waals surface area (Å²) in [6.45, 7) is 3.52. The standard InChI is InChI=1S/C12H15ClO2/c1-8(9(2)14)6-10-4-5-12(15-3)11(13)7-10/h4-5,7-8H,6H2,1-3H3. The first-order chi connectivity index (χ1) is 7.04. The van der Waals surface area contributed by atoms with Gasteiger partial charge < -0.3 is 4.74 Å². The molecule has 0 aliphatic carbocycles. The predicted octanol–water partition coefficient (Wildman–Crippen LogP) is 3.12. The van der Waals surface area contributed by atoms with E-state index in [1.807, 2.05) is 25.1 Å². The number of Topliss-reactive ketones (excluding diaryl/α,β-unsaturated/α-hetero) is 1. The summed E-state index contributed by atoms with van der Waals surface area (Å²) in [5, 5.41) is 0.589. The molecular weight excluding hydrogens is 212 g/mol. The van der Waals surface area contributed by atoms with Gasteiger partial charge in [-0.15, -0.1) is 0 Å². The van der Waals surface area contributed by atoms with Gasteiger partial charge in [-0.05, 0) is 31.0 Å². The van der Waals surface area contributed by atoms with E-state index in [-0.39, 0.29) is 11.7 Å². The Hall–Kier alpha value is -1.02. The number of hydrogen-bond acceptors (Lipinski definition) is 2. The van der Waals surface area contributed by atoms with Crippen LogP contribution in [-0.2, 0) is 11.2 Å². The topological polar surface area (TPSA) is 26.3 Å². The van der Waals surface area contributed by atoms with Crippen LogP contribution in [0.5, 0.6) is 5.75 Å². The molecule has 1 aromatic carbocycles. The minimum absolute atomic E-state index is 0.0365. The van der Waals surface area contributed by atoms with Crippen LogP contribution in [-0.4, -0.2) is 12.9 Å². The SMILES string of the molecule is COc1ccc(CC(C)C(C)=O)cc1Cl. The highest BCUT2D eigenvalue weighted by Crippen LogP contribution is 2.26. The number of ketones is 1. The lowest BCUT2D eigenvalue weighted by molar-refractivity contribution is -0.120. The van der Waals surface area contributed by atoms with Gasteiger partial charge in [0.2, 0.25) is 0 Å². The molecule has 0 aliphatic rings. The largest absolute Gasteiger partial charge is 0.495 e. The van der Waals surface area contributed by atoms with Crippen LogP contribution in [0.3, 0.4) is 0 Å². The molecule has 1 unspecified atom stereocenters. The van der Waals surface area contributed by atoms with E-state index in [0.29, 0.717) is 10.8 Å². The average Bonchev–Trinajstić information content (AvgIpc) is 2.18. The lowest BCUT2D eigenvalue weighted by Gasteiger charge is -2.09. The number of methoxy groups -OCH3 is 1. The normalized spacial score (nSPS) is 12.3. The Labute approximate surface area is 95.2 Å². The molecule has 1 rings (SSSR count). The van der Waals surface area contributed by atoms with E-state index in [0.717, 1.165) is 12.0 Å². The van der Waals surface area contributed by atoms with Crippen molar-refractivity contribution in [3.63, 3.8) is 0 Å². The molecule has 3 heteroatoms. The quantitative estimate of drug-likeness (QED) is 0.789. The number of hydrogen-bond donors (Lipinski definition) is 0. The van der Waals surface area contributed by atoms with Crippen molar-refractivity contribution in [1.29, 1.82) is 0 Å². The fourth-order valence-electron chi connectivity index (χ4n) is 1.33. The first-order valence-electron chi connectivity index (χ1n) is 4.87. The van der Waals surface area contributed by atoms with Gasteiger partial charge in [0.25, 0.3) is 0 Å². The van der Waals surface area contributed by atoms with Crippen LogP contribution in [0.4, 0.5) is 0 Å². The smallest absolute Gasteiger partial charge is 0.137 e. The Bertz CT molecular complexity index is 361. The molecule has 15 heavy (non-hydrogen) atoms. The Morgan fingerprint density at radius 3 is 2.67 bits per heavy atom. The van der Waals surface area contributed by atoms with Gasteiger partial charge in [-0.3, -0.25) is 4.79 Å². The van der Waals surface area contributed by atoms with E-state index in [1.54, 1.807) is 14.0 Å². The van der Waals surface area contributed by atoms with Gasteiger partial charge in [0.15, 0.2) is 0 Å². The molecular formula is C12H15ClO2. The highest BCUT2D eigenvalue weighted by molar-refractivity contribution is 6.32. The molecule has 0 N–H and O–H groups in total. The van der Waals surface area contributed by atoms with Crippen LogP contribution in [0, 0.1) is 5.92 Å². The number of ether oxygens (including phenoxy) is 1. The lowest BCUT2D eigenvalue weighted by atomic mass is 9.98. The van der Waals surface area contributed by atoms with E-state index in [4.69, 9.17) is 16.3 Å². The lowest BCUT2D eigenvalue weighted by Crippen LogP contribution is -2.09. The first kappa shape index (κ1) is 12.1. The number of halogens is 1. The average molecular weight is 227 g/mol. The van der Waals surface area contributed by atoms with Crippen molar-refractivity contribution in [3.8, 4) is 5.75 Å². The summed E-state index contributed by atoms with van der Waals surface area (Å²) in [5.74, 6) is 0.896. The second kappa shape index (κ2) is 5.17. The summed E-state index contributed by atoms with van der Waals surface area (Å²) in [6.07, 6.45) is 0.721. The van der Waals surface area contributed by atoms with Crippen molar-refractivity contribution in [1.82, 2.24) is 0 Å². The van der Waals surface area contributed by atoms with Crippen LogP contribution in [0.2, 0.25) is 5.02 Å². The molecule has 0 heterocycles. The van der Waals surface area contributed by atoms with Gasteiger partial charge in [0, 0.05) is 5.92 Å². The van der Waals surface area contributed by atoms with Crippen molar-refractivity contribution in [3.05, 3.63) is 28.8 Å². The van der Waals surface area contributed by atoms with E-state index in [9.17, 15) is 4.79 Å². The second-order valence-corrected chi connectivity index (χ2v) is 4.09. The zero-order valence-electron chi connectivity index (χ0n) is 9.21. The Morgan fingerprint density at radius 1 is 1.53 bits per heavy atom. The molecule has 0 radical (unpaired) electrons. The van der Waals surface area contributed by atoms with Crippen LogP contribution in [0.15, 0.2) is 18.2 Å². The van der Waals surface area contributed by atoms with E-state index < -0.39 is 0 Å². The molecule has 1 aromatic rings. The molecule has 0 saturated carbocycles. The highest BCUT2D eigenvalue weighted by Gasteiger charge is 2.09. The Kier molecular flexibility index (Phi) is 4.15. The van der Waals surface area contributed by atoms with Crippen LogP contribution < -0.4 is 4.74 Å². The van der Waals surface area contributed by atoms with Crippen molar-refractivity contribution in [2.75, 3.05) is 7.11 Å². The summed E-state index contributed by atoms with van der Waals surface area (Å²) in [6, 6.07) is 5.61. The van der Waals surface area contributed by atoms with Gasteiger partial charge in [-0.2, -0.15) is 0 Å². The van der Waals surface area contributed by atoms with E-state index in [1.165, 1.54) is 0 Å². The first-order valence-corrected chi connectivity index (χ1v) is 5.25. The summed E-state index contributed by atoms with van der Waals surface area (Å²) in [7, 11) is 1.58. The summed E-state index contributed by atoms with van der Waals surface area (Å²) < 4.78 is 5.05. The molecule has 0 amide bonds. The van der Waals surface area contributed by atoms with Gasteiger partial charge >= 0.3 is 0 Å². The van der Waals surface area contributed by atoms with Crippen molar-refractivity contribution >= 4 is 17.4 Å². The third-order valence-electron chi connectivity index (χ3n) is 2.45. The molecule has 0 spiro atoms. The number of rotatable bonds is 4. The molecule has 0 fully saturated rings. The molecule has 0 bridgehead atoms. The monoisotopic (exact) mass is 226 g/mol. The maximum absolute atomic E-state index is 11.1. The zero-order valence-corrected chi connectivity index (χ0v) is 9.97. The third kappa shape index (κ3) is 3.24. The Balaban J connectivity index is 2.79. The van der Waals surface area contributed by atoms with Crippen molar-refractivity contribution in [2.45, 2.75) is 20.3 Å². The summed E-state index contributed by atoms with van der Waals surface area (Å²) in [4.78, 5) is 11.1. The maximum Gasteiger partial charge on any atom is 0.137 e. The number of carbonyl (C=O) groups is 1. The minimum atomic E-state index is 0.0365. The summed E-state index contributed by atoms with van der Waals surface area (Å²) >= 11 is 5.98. The summed E-state index contributed by atoms with van der Waals surface area (Å²) in [5.41, 5.74) is 1.06.